The molecule has 1 aromatic carbocycles. The molecule has 2 aromatic rings. The molecule has 7 nitrogen and oxygen atoms in total. The van der Waals surface area contributed by atoms with E-state index in [2.05, 4.69) is 19.8 Å². The molecule has 0 spiro atoms. The Labute approximate surface area is 126 Å². The van der Waals surface area contributed by atoms with E-state index in [9.17, 15) is 9.59 Å². The summed E-state index contributed by atoms with van der Waals surface area (Å²) in [5.41, 5.74) is 1.83. The van der Waals surface area contributed by atoms with Crippen molar-refractivity contribution in [3.05, 3.63) is 35.9 Å². The molecular weight excluding hydrogens is 288 g/mol. The maximum absolute atomic E-state index is 11.7. The number of oxazole rings is 1. The minimum Gasteiger partial charge on any atom is -0.466 e. The Hall–Kier alpha value is -2.83. The minimum absolute atomic E-state index is 0.0380. The molecule has 0 fully saturated rings. The maximum Gasteiger partial charge on any atom is 0.354 e. The van der Waals surface area contributed by atoms with Gasteiger partial charge in [0.2, 0.25) is 0 Å². The van der Waals surface area contributed by atoms with Gasteiger partial charge in [0.25, 0.3) is 0 Å². The first-order valence-corrected chi connectivity index (χ1v) is 6.61. The lowest BCUT2D eigenvalue weighted by Crippen LogP contribution is -2.15. The highest BCUT2D eigenvalue weighted by molar-refractivity contribution is 5.99. The average molecular weight is 304 g/mol. The third-order valence-corrected chi connectivity index (χ3v) is 2.88. The van der Waals surface area contributed by atoms with Crippen LogP contribution in [0.2, 0.25) is 0 Å². The van der Waals surface area contributed by atoms with Crippen LogP contribution >= 0.6 is 0 Å². The number of anilines is 1. The Kier molecular flexibility index (Phi) is 4.77. The molecule has 0 radical (unpaired) electrons. The van der Waals surface area contributed by atoms with Gasteiger partial charge in [0.1, 0.15) is 11.2 Å². The minimum atomic E-state index is -0.683. The predicted octanol–water partition coefficient (Wildman–Crippen LogP) is 2.03. The molecule has 0 aliphatic rings. The lowest BCUT2D eigenvalue weighted by molar-refractivity contribution is -0.138. The average Bonchev–Trinajstić information content (AvgIpc) is 2.95. The number of rotatable bonds is 5. The number of aryl methyl sites for hydroxylation is 1. The summed E-state index contributed by atoms with van der Waals surface area (Å²) in [5, 5.41) is 2.81. The number of carbonyl (C=O) groups excluding carboxylic acids is 2. The van der Waals surface area contributed by atoms with Crippen LogP contribution in [0.15, 0.2) is 34.4 Å². The van der Waals surface area contributed by atoms with Gasteiger partial charge in [0.15, 0.2) is 11.5 Å². The quantitative estimate of drug-likeness (QED) is 0.667. The van der Waals surface area contributed by atoms with Crippen LogP contribution in [0.25, 0.3) is 11.1 Å². The van der Waals surface area contributed by atoms with Crippen molar-refractivity contribution in [2.75, 3.05) is 19.5 Å². The molecule has 0 saturated carbocycles. The van der Waals surface area contributed by atoms with E-state index in [1.54, 1.807) is 18.2 Å². The second-order valence-corrected chi connectivity index (χ2v) is 4.34. The molecule has 0 bridgehead atoms. The normalized spacial score (nSPS) is 11.3. The van der Waals surface area contributed by atoms with Gasteiger partial charge >= 0.3 is 11.9 Å². The van der Waals surface area contributed by atoms with Gasteiger partial charge in [-0.1, -0.05) is 6.92 Å². The molecule has 0 aliphatic carbocycles. The second kappa shape index (κ2) is 6.75. The number of nitrogens with one attached hydrogen (secondary N) is 1. The predicted molar refractivity (Wildman–Crippen MR) is 79.1 cm³/mol. The van der Waals surface area contributed by atoms with E-state index < -0.39 is 11.9 Å². The summed E-state index contributed by atoms with van der Waals surface area (Å²) in [6.45, 7) is 1.94. The summed E-state index contributed by atoms with van der Waals surface area (Å²) in [5.74, 6) is -0.718. The van der Waals surface area contributed by atoms with Crippen LogP contribution < -0.4 is 5.32 Å². The third-order valence-electron chi connectivity index (χ3n) is 2.88. The second-order valence-electron chi connectivity index (χ2n) is 4.34. The first-order chi connectivity index (χ1) is 10.6. The van der Waals surface area contributed by atoms with Crippen LogP contribution in [0.1, 0.15) is 12.8 Å². The summed E-state index contributed by atoms with van der Waals surface area (Å²) in [6.07, 6.45) is 1.71. The largest absolute Gasteiger partial charge is 0.466 e. The van der Waals surface area contributed by atoms with Crippen molar-refractivity contribution in [2.24, 2.45) is 0 Å². The highest BCUT2D eigenvalue weighted by Crippen LogP contribution is 2.21. The zero-order valence-corrected chi connectivity index (χ0v) is 12.5. The van der Waals surface area contributed by atoms with Gasteiger partial charge in [0, 0.05) is 18.2 Å². The third kappa shape index (κ3) is 3.43. The lowest BCUT2D eigenvalue weighted by Gasteiger charge is -2.08. The topological polar surface area (TPSA) is 90.7 Å². The zero-order chi connectivity index (χ0) is 16.1. The van der Waals surface area contributed by atoms with E-state index >= 15 is 0 Å². The fraction of sp³-hybridized carbons (Fsp3) is 0.267. The molecular formula is C15H16N2O5. The number of hydrogen-bond donors (Lipinski definition) is 1. The molecule has 0 atom stereocenters. The number of methoxy groups -OCH3 is 2. The van der Waals surface area contributed by atoms with E-state index in [-0.39, 0.29) is 5.70 Å². The Morgan fingerprint density at radius 3 is 2.73 bits per heavy atom. The van der Waals surface area contributed by atoms with E-state index in [4.69, 9.17) is 4.42 Å². The Balaban J connectivity index is 2.31. The number of ether oxygens (including phenoxy) is 2. The number of nitrogens with zero attached hydrogens (tertiary/aromatic N) is 1. The van der Waals surface area contributed by atoms with E-state index in [0.717, 1.165) is 11.6 Å². The van der Waals surface area contributed by atoms with Gasteiger partial charge in [-0.3, -0.25) is 0 Å². The molecule has 2 rings (SSSR count). The highest BCUT2D eigenvalue weighted by atomic mass is 16.5. The number of hydrogen-bond acceptors (Lipinski definition) is 7. The van der Waals surface area contributed by atoms with Gasteiger partial charge in [-0.05, 0) is 12.1 Å². The van der Waals surface area contributed by atoms with Crippen molar-refractivity contribution >= 4 is 28.7 Å². The lowest BCUT2D eigenvalue weighted by atomic mass is 10.2. The summed E-state index contributed by atoms with van der Waals surface area (Å²) in [7, 11) is 2.45. The van der Waals surface area contributed by atoms with Crippen LogP contribution in [0.5, 0.6) is 0 Å². The molecule has 1 aromatic heterocycles. The molecule has 0 aliphatic heterocycles. The zero-order valence-electron chi connectivity index (χ0n) is 12.5. The number of aromatic nitrogens is 1. The van der Waals surface area contributed by atoms with E-state index in [1.807, 2.05) is 6.92 Å². The van der Waals surface area contributed by atoms with E-state index in [1.165, 1.54) is 14.2 Å². The molecule has 1 heterocycles. The van der Waals surface area contributed by atoms with Crippen molar-refractivity contribution in [3.8, 4) is 0 Å². The van der Waals surface area contributed by atoms with Crippen molar-refractivity contribution < 1.29 is 23.5 Å². The first kappa shape index (κ1) is 15.6. The van der Waals surface area contributed by atoms with Crippen LogP contribution in [0.4, 0.5) is 5.69 Å². The van der Waals surface area contributed by atoms with Crippen molar-refractivity contribution in [2.45, 2.75) is 13.3 Å². The number of carbonyl (C=O) groups is 2. The summed E-state index contributed by atoms with van der Waals surface area (Å²) in [6, 6.07) is 5.17. The first-order valence-electron chi connectivity index (χ1n) is 6.61. The maximum atomic E-state index is 11.7. The molecule has 116 valence electrons. The van der Waals surface area contributed by atoms with Gasteiger partial charge in [-0.25, -0.2) is 14.6 Å². The summed E-state index contributed by atoms with van der Waals surface area (Å²) < 4.78 is 14.7. The van der Waals surface area contributed by atoms with E-state index in [0.29, 0.717) is 23.6 Å². The summed E-state index contributed by atoms with van der Waals surface area (Å²) in [4.78, 5) is 27.3. The van der Waals surface area contributed by atoms with Crippen LogP contribution in [0.3, 0.4) is 0 Å². The Morgan fingerprint density at radius 1 is 1.32 bits per heavy atom. The smallest absolute Gasteiger partial charge is 0.354 e. The van der Waals surface area contributed by atoms with Gasteiger partial charge in [-0.2, -0.15) is 0 Å². The number of benzene rings is 1. The fourth-order valence-corrected chi connectivity index (χ4v) is 1.79. The van der Waals surface area contributed by atoms with Crippen molar-refractivity contribution in [3.63, 3.8) is 0 Å². The summed E-state index contributed by atoms with van der Waals surface area (Å²) >= 11 is 0. The van der Waals surface area contributed by atoms with Crippen LogP contribution in [-0.4, -0.2) is 31.1 Å². The fourth-order valence-electron chi connectivity index (χ4n) is 1.79. The van der Waals surface area contributed by atoms with Crippen LogP contribution in [-0.2, 0) is 25.5 Å². The van der Waals surface area contributed by atoms with Crippen LogP contribution in [0, 0.1) is 0 Å². The molecule has 1 N–H and O–H groups in total. The molecule has 0 unspecified atom stereocenters. The molecule has 22 heavy (non-hydrogen) atoms. The molecule has 0 amide bonds. The number of esters is 2. The van der Waals surface area contributed by atoms with Crippen molar-refractivity contribution in [1.29, 1.82) is 0 Å². The Morgan fingerprint density at radius 2 is 2.09 bits per heavy atom. The van der Waals surface area contributed by atoms with Gasteiger partial charge in [-0.15, -0.1) is 0 Å². The van der Waals surface area contributed by atoms with Crippen molar-refractivity contribution in [1.82, 2.24) is 4.98 Å². The standard InChI is InChI=1S/C15H16N2O5/c1-4-13-17-10-6-5-9(7-12(10)22-13)16-11(15(19)21-3)8-14(18)20-2/h5-8,16H,4H2,1-3H3/b11-8+. The van der Waals surface area contributed by atoms with Gasteiger partial charge < -0.3 is 19.2 Å². The Bertz CT molecular complexity index is 733. The molecule has 7 heteroatoms. The number of fused-ring (bicyclic) bond motifs is 1. The van der Waals surface area contributed by atoms with Gasteiger partial charge in [0.05, 0.1) is 20.3 Å². The SMILES string of the molecule is CCc1nc2ccc(N/C(=C/C(=O)OC)C(=O)OC)cc2o1. The monoisotopic (exact) mass is 304 g/mol. The highest BCUT2D eigenvalue weighted by Gasteiger charge is 2.13. The molecule has 0 saturated heterocycles.